The van der Waals surface area contributed by atoms with Crippen LogP contribution < -0.4 is 0 Å². The highest BCUT2D eigenvalue weighted by atomic mass is 14.2. The van der Waals surface area contributed by atoms with Crippen LogP contribution >= 0.6 is 0 Å². The molecule has 0 atom stereocenters. The quantitative estimate of drug-likeness (QED) is 0.123. The molecule has 1 aliphatic carbocycles. The highest BCUT2D eigenvalue weighted by Gasteiger charge is 2.18. The summed E-state index contributed by atoms with van der Waals surface area (Å²) in [7, 11) is 0. The van der Waals surface area contributed by atoms with Crippen LogP contribution in [0, 0.1) is 0 Å². The molecule has 0 spiro atoms. The van der Waals surface area contributed by atoms with Crippen LogP contribution in [0.2, 0.25) is 0 Å². The molecule has 0 bridgehead atoms. The Kier molecular flexibility index (Phi) is 7.74. The Labute approximate surface area is 327 Å². The third-order valence-corrected chi connectivity index (χ3v) is 11.9. The third-order valence-electron chi connectivity index (χ3n) is 11.9. The van der Waals surface area contributed by atoms with E-state index in [9.17, 15) is 0 Å². The highest BCUT2D eigenvalue weighted by molar-refractivity contribution is 6.26. The van der Waals surface area contributed by atoms with E-state index < -0.39 is 0 Å². The first kappa shape index (κ1) is 32.4. The summed E-state index contributed by atoms with van der Waals surface area (Å²) < 4.78 is 0. The third kappa shape index (κ3) is 5.37. The van der Waals surface area contributed by atoms with E-state index in [0.717, 1.165) is 12.8 Å². The molecule has 0 aliphatic heterocycles. The Bertz CT molecular complexity index is 3160. The van der Waals surface area contributed by atoms with E-state index in [1.807, 2.05) is 0 Å². The second kappa shape index (κ2) is 13.4. The summed E-state index contributed by atoms with van der Waals surface area (Å²) in [5.41, 5.74) is 12.5. The lowest BCUT2D eigenvalue weighted by atomic mass is 9.84. The van der Waals surface area contributed by atoms with E-state index >= 15 is 0 Å². The first-order valence-electron chi connectivity index (χ1n) is 19.7. The van der Waals surface area contributed by atoms with Gasteiger partial charge >= 0.3 is 0 Å². The number of rotatable bonds is 5. The second-order valence-electron chi connectivity index (χ2n) is 15.1. The van der Waals surface area contributed by atoms with Crippen LogP contribution in [0.4, 0.5) is 0 Å². The molecule has 0 fully saturated rings. The zero-order valence-electron chi connectivity index (χ0n) is 31.0. The van der Waals surface area contributed by atoms with Gasteiger partial charge < -0.3 is 0 Å². The normalized spacial score (nSPS) is 12.9. The average Bonchev–Trinajstić information content (AvgIpc) is 3.28. The number of benzene rings is 10. The van der Waals surface area contributed by atoms with Gasteiger partial charge in [-0.25, -0.2) is 0 Å². The minimum absolute atomic E-state index is 1.09. The monoisotopic (exact) mass is 710 g/mol. The van der Waals surface area contributed by atoms with Crippen LogP contribution in [0.3, 0.4) is 0 Å². The minimum atomic E-state index is 1.09. The predicted octanol–water partition coefficient (Wildman–Crippen LogP) is 15.9. The van der Waals surface area contributed by atoms with Gasteiger partial charge in [-0.1, -0.05) is 194 Å². The van der Waals surface area contributed by atoms with Gasteiger partial charge in [0.15, 0.2) is 0 Å². The van der Waals surface area contributed by atoms with Crippen LogP contribution in [0.15, 0.2) is 206 Å². The summed E-state index contributed by atoms with van der Waals surface area (Å²) in [6, 6.07) is 69.7. The lowest BCUT2D eigenvalue weighted by Crippen LogP contribution is -1.93. The van der Waals surface area contributed by atoms with Gasteiger partial charge in [0.05, 0.1) is 0 Å². The van der Waals surface area contributed by atoms with Crippen molar-refractivity contribution in [1.29, 1.82) is 0 Å². The van der Waals surface area contributed by atoms with Gasteiger partial charge in [-0.2, -0.15) is 0 Å². The second-order valence-corrected chi connectivity index (χ2v) is 15.1. The topological polar surface area (TPSA) is 0 Å². The number of hydrogen-bond acceptors (Lipinski definition) is 0. The fraction of sp³-hybridized carbons (Fsp3) is 0.0357. The van der Waals surface area contributed by atoms with Gasteiger partial charge in [0.1, 0.15) is 0 Å². The zero-order valence-corrected chi connectivity index (χ0v) is 31.0. The van der Waals surface area contributed by atoms with Gasteiger partial charge in [0, 0.05) is 0 Å². The molecule has 1 aliphatic rings. The Hall–Kier alpha value is -7.02. The van der Waals surface area contributed by atoms with E-state index in [-0.39, 0.29) is 0 Å². The Morgan fingerprint density at radius 3 is 1.23 bits per heavy atom. The first-order valence-corrected chi connectivity index (χ1v) is 19.7. The maximum absolute atomic E-state index is 2.42. The molecular weight excluding hydrogens is 673 g/mol. The first-order chi connectivity index (χ1) is 27.8. The van der Waals surface area contributed by atoms with Gasteiger partial charge in [-0.15, -0.1) is 0 Å². The van der Waals surface area contributed by atoms with Crippen molar-refractivity contribution in [2.24, 2.45) is 0 Å². The van der Waals surface area contributed by atoms with Crippen molar-refractivity contribution in [3.05, 3.63) is 212 Å². The molecule has 0 saturated carbocycles. The van der Waals surface area contributed by atoms with E-state index in [1.165, 1.54) is 110 Å². The van der Waals surface area contributed by atoms with E-state index in [0.29, 0.717) is 0 Å². The smallest absolute Gasteiger partial charge is 0.00262 e. The number of hydrogen-bond donors (Lipinski definition) is 0. The molecule has 0 heterocycles. The maximum Gasteiger partial charge on any atom is -0.00262 e. The van der Waals surface area contributed by atoms with Crippen molar-refractivity contribution in [1.82, 2.24) is 0 Å². The van der Waals surface area contributed by atoms with Crippen molar-refractivity contribution in [2.45, 2.75) is 12.8 Å². The molecule has 0 nitrogen and oxygen atoms in total. The van der Waals surface area contributed by atoms with Crippen molar-refractivity contribution in [3.63, 3.8) is 0 Å². The van der Waals surface area contributed by atoms with Gasteiger partial charge in [-0.05, 0) is 134 Å². The summed E-state index contributed by atoms with van der Waals surface area (Å²) >= 11 is 0. The van der Waals surface area contributed by atoms with Crippen molar-refractivity contribution < 1.29 is 0 Å². The summed E-state index contributed by atoms with van der Waals surface area (Å²) in [6.07, 6.45) is 9.16. The fourth-order valence-electron chi connectivity index (χ4n) is 9.18. The minimum Gasteiger partial charge on any atom is -0.0836 e. The van der Waals surface area contributed by atoms with Crippen molar-refractivity contribution >= 4 is 59.4 Å². The largest absolute Gasteiger partial charge is 0.0836 e. The lowest BCUT2D eigenvalue weighted by molar-refractivity contribution is 1.04. The molecule has 10 aromatic rings. The van der Waals surface area contributed by atoms with Crippen LogP contribution in [-0.4, -0.2) is 0 Å². The van der Waals surface area contributed by atoms with Crippen LogP contribution in [0.1, 0.15) is 18.4 Å². The molecule has 0 amide bonds. The standard InChI is InChI=1S/C56H38/c1-3-13-37(14-4-1)44-32-34-52-54(36-44)56(41-15-5-2-6-16-41)51-22-12-11-21-50(51)55(52)42-29-27-39(28-30-42)38-23-25-40(26-24-38)43-31-33-49-47-19-8-7-17-45(47)46-18-9-10-20-48(46)53(49)35-43/h2-3,5-36H,1,4H2. The summed E-state index contributed by atoms with van der Waals surface area (Å²) in [4.78, 5) is 0. The van der Waals surface area contributed by atoms with Gasteiger partial charge in [0.2, 0.25) is 0 Å². The molecule has 0 heteroatoms. The molecule has 10 aromatic carbocycles. The van der Waals surface area contributed by atoms with Gasteiger partial charge in [-0.3, -0.25) is 0 Å². The molecule has 262 valence electrons. The molecule has 0 saturated heterocycles. The van der Waals surface area contributed by atoms with Crippen molar-refractivity contribution in [2.75, 3.05) is 0 Å². The predicted molar refractivity (Wildman–Crippen MR) is 242 cm³/mol. The Morgan fingerprint density at radius 2 is 0.643 bits per heavy atom. The van der Waals surface area contributed by atoms with E-state index in [2.05, 4.69) is 206 Å². The van der Waals surface area contributed by atoms with Crippen LogP contribution in [-0.2, 0) is 0 Å². The van der Waals surface area contributed by atoms with Crippen molar-refractivity contribution in [3.8, 4) is 44.5 Å². The maximum atomic E-state index is 2.42. The molecular formula is C56H38. The molecule has 11 rings (SSSR count). The summed E-state index contributed by atoms with van der Waals surface area (Å²) in [5.74, 6) is 0. The van der Waals surface area contributed by atoms with Crippen LogP contribution in [0.5, 0.6) is 0 Å². The Balaban J connectivity index is 0.991. The molecule has 0 aromatic heterocycles. The Morgan fingerprint density at radius 1 is 0.250 bits per heavy atom. The number of fused-ring (bicyclic) bond motifs is 8. The average molecular weight is 711 g/mol. The molecule has 56 heavy (non-hydrogen) atoms. The zero-order chi connectivity index (χ0) is 37.0. The summed E-state index contributed by atoms with van der Waals surface area (Å²) in [6.45, 7) is 0. The molecule has 0 unspecified atom stereocenters. The summed E-state index contributed by atoms with van der Waals surface area (Å²) in [5, 5.41) is 12.9. The lowest BCUT2D eigenvalue weighted by Gasteiger charge is -2.19. The molecule has 0 N–H and O–H groups in total. The van der Waals surface area contributed by atoms with E-state index in [1.54, 1.807) is 0 Å². The van der Waals surface area contributed by atoms with E-state index in [4.69, 9.17) is 0 Å². The van der Waals surface area contributed by atoms with Crippen LogP contribution in [0.25, 0.3) is 104 Å². The highest BCUT2D eigenvalue weighted by Crippen LogP contribution is 2.45. The molecule has 0 radical (unpaired) electrons. The number of allylic oxidation sites excluding steroid dienone is 4. The fourth-order valence-corrected chi connectivity index (χ4v) is 9.18. The SMILES string of the molecule is C1=CC(c2ccc3c(-c4ccc(-c5ccc(-c6ccc7c8ccccc8c8ccccc8c7c6)cc5)cc4)c4ccccc4c(-c4ccccc4)c3c2)=CCC1. The van der Waals surface area contributed by atoms with Gasteiger partial charge in [0.25, 0.3) is 0 Å².